The van der Waals surface area contributed by atoms with Crippen molar-refractivity contribution >= 4 is 35.2 Å². The highest BCUT2D eigenvalue weighted by molar-refractivity contribution is 7.80. The second-order valence-electron chi connectivity index (χ2n) is 6.25. The van der Waals surface area contributed by atoms with Crippen LogP contribution >= 0.6 is 12.2 Å². The standard InChI is InChI=1S/C19H19N3O2S/c1-10-5-6-16(11(2)7-10)22-12(3)8-14(13(22)4)9-15-17(23)20-19(25)21-18(15)24/h5-9H,1-4H3,(H2,20,21,23,24,25). The summed E-state index contributed by atoms with van der Waals surface area (Å²) in [7, 11) is 0. The van der Waals surface area contributed by atoms with Crippen molar-refractivity contribution in [3.8, 4) is 5.69 Å². The van der Waals surface area contributed by atoms with E-state index in [0.717, 1.165) is 22.6 Å². The molecule has 0 aliphatic carbocycles. The van der Waals surface area contributed by atoms with Crippen LogP contribution in [0.3, 0.4) is 0 Å². The van der Waals surface area contributed by atoms with Crippen LogP contribution in [0.15, 0.2) is 29.8 Å². The Bertz CT molecular complexity index is 932. The number of nitrogens with zero attached hydrogens (tertiary/aromatic N) is 1. The van der Waals surface area contributed by atoms with Crippen LogP contribution in [0.2, 0.25) is 0 Å². The summed E-state index contributed by atoms with van der Waals surface area (Å²) in [4.78, 5) is 24.1. The third-order valence-corrected chi connectivity index (χ3v) is 4.51. The van der Waals surface area contributed by atoms with E-state index in [1.807, 2.05) is 19.9 Å². The average Bonchev–Trinajstić information content (AvgIpc) is 2.78. The number of benzene rings is 1. The number of aryl methyl sites for hydroxylation is 3. The highest BCUT2D eigenvalue weighted by Crippen LogP contribution is 2.25. The van der Waals surface area contributed by atoms with Gasteiger partial charge in [0, 0.05) is 17.1 Å². The molecule has 2 N–H and O–H groups in total. The van der Waals surface area contributed by atoms with E-state index in [9.17, 15) is 9.59 Å². The van der Waals surface area contributed by atoms with Gasteiger partial charge in [-0.2, -0.15) is 0 Å². The van der Waals surface area contributed by atoms with Crippen molar-refractivity contribution in [3.63, 3.8) is 0 Å². The average molecular weight is 353 g/mol. The number of rotatable bonds is 2. The molecule has 1 aliphatic heterocycles. The summed E-state index contributed by atoms with van der Waals surface area (Å²) >= 11 is 4.82. The summed E-state index contributed by atoms with van der Waals surface area (Å²) in [6.45, 7) is 8.11. The Kier molecular flexibility index (Phi) is 4.30. The summed E-state index contributed by atoms with van der Waals surface area (Å²) in [5.41, 5.74) is 6.33. The maximum Gasteiger partial charge on any atom is 0.263 e. The molecule has 1 aromatic carbocycles. The van der Waals surface area contributed by atoms with E-state index in [2.05, 4.69) is 47.2 Å². The summed E-state index contributed by atoms with van der Waals surface area (Å²) in [6, 6.07) is 8.26. The third kappa shape index (κ3) is 3.13. The lowest BCUT2D eigenvalue weighted by molar-refractivity contribution is -0.123. The maximum atomic E-state index is 12.0. The molecular formula is C19H19N3O2S. The molecule has 0 bridgehead atoms. The molecule has 2 heterocycles. The van der Waals surface area contributed by atoms with E-state index in [1.165, 1.54) is 11.1 Å². The Balaban J connectivity index is 2.09. The van der Waals surface area contributed by atoms with Crippen LogP contribution in [0.4, 0.5) is 0 Å². The molecule has 0 saturated carbocycles. The monoisotopic (exact) mass is 353 g/mol. The van der Waals surface area contributed by atoms with E-state index in [-0.39, 0.29) is 10.7 Å². The predicted octanol–water partition coefficient (Wildman–Crippen LogP) is 2.63. The van der Waals surface area contributed by atoms with E-state index in [0.29, 0.717) is 0 Å². The van der Waals surface area contributed by atoms with Gasteiger partial charge in [-0.3, -0.25) is 20.2 Å². The summed E-state index contributed by atoms with van der Waals surface area (Å²) in [6.07, 6.45) is 1.61. The smallest absolute Gasteiger partial charge is 0.263 e. The van der Waals surface area contributed by atoms with E-state index < -0.39 is 11.8 Å². The number of aromatic nitrogens is 1. The Morgan fingerprint density at radius 1 is 1.00 bits per heavy atom. The topological polar surface area (TPSA) is 63.1 Å². The van der Waals surface area contributed by atoms with Crippen LogP contribution < -0.4 is 10.6 Å². The lowest BCUT2D eigenvalue weighted by Gasteiger charge is -2.16. The van der Waals surface area contributed by atoms with Crippen LogP contribution in [-0.4, -0.2) is 21.5 Å². The zero-order valence-corrected chi connectivity index (χ0v) is 15.4. The lowest BCUT2D eigenvalue weighted by Crippen LogP contribution is -2.51. The van der Waals surface area contributed by atoms with Crippen LogP contribution in [0.1, 0.15) is 28.1 Å². The maximum absolute atomic E-state index is 12.0. The highest BCUT2D eigenvalue weighted by Gasteiger charge is 2.26. The fourth-order valence-electron chi connectivity index (χ4n) is 3.12. The molecule has 25 heavy (non-hydrogen) atoms. The molecule has 2 aromatic rings. The van der Waals surface area contributed by atoms with E-state index >= 15 is 0 Å². The third-order valence-electron chi connectivity index (χ3n) is 4.31. The zero-order chi connectivity index (χ0) is 18.3. The van der Waals surface area contributed by atoms with Crippen LogP contribution in [0.5, 0.6) is 0 Å². The van der Waals surface area contributed by atoms with Gasteiger partial charge in [0.2, 0.25) is 0 Å². The molecule has 1 aliphatic rings. The minimum absolute atomic E-state index is 0.0351. The van der Waals surface area contributed by atoms with Crippen molar-refractivity contribution in [2.24, 2.45) is 0 Å². The van der Waals surface area contributed by atoms with Crippen LogP contribution in [0, 0.1) is 27.7 Å². The zero-order valence-electron chi connectivity index (χ0n) is 14.6. The number of hydrogen-bond donors (Lipinski definition) is 2. The molecule has 0 unspecified atom stereocenters. The van der Waals surface area contributed by atoms with Crippen molar-refractivity contribution < 1.29 is 9.59 Å². The van der Waals surface area contributed by atoms with Crippen molar-refractivity contribution in [1.29, 1.82) is 0 Å². The van der Waals surface area contributed by atoms with Gasteiger partial charge >= 0.3 is 0 Å². The molecule has 1 saturated heterocycles. The molecule has 3 rings (SSSR count). The normalized spacial score (nSPS) is 14.4. The van der Waals surface area contributed by atoms with Gasteiger partial charge in [-0.25, -0.2) is 0 Å². The first-order chi connectivity index (χ1) is 11.8. The first-order valence-electron chi connectivity index (χ1n) is 7.93. The number of carbonyl (C=O) groups excluding carboxylic acids is 2. The van der Waals surface area contributed by atoms with Gasteiger partial charge in [-0.05, 0) is 69.2 Å². The molecule has 2 amide bonds. The SMILES string of the molecule is Cc1ccc(-n2c(C)cc(C=C3C(=O)NC(=S)NC3=O)c2C)c(C)c1. The number of hydrogen-bond acceptors (Lipinski definition) is 3. The van der Waals surface area contributed by atoms with Crippen LogP contribution in [-0.2, 0) is 9.59 Å². The molecule has 1 aromatic heterocycles. The molecule has 128 valence electrons. The molecule has 1 fully saturated rings. The quantitative estimate of drug-likeness (QED) is 0.496. The first-order valence-corrected chi connectivity index (χ1v) is 8.33. The summed E-state index contributed by atoms with van der Waals surface area (Å²) in [5.74, 6) is -0.963. The number of thiocarbonyl (C=S) groups is 1. The molecule has 6 heteroatoms. The molecule has 0 atom stereocenters. The molecule has 0 radical (unpaired) electrons. The molecule has 5 nitrogen and oxygen atoms in total. The lowest BCUT2D eigenvalue weighted by atomic mass is 10.1. The van der Waals surface area contributed by atoms with Gasteiger partial charge in [0.15, 0.2) is 5.11 Å². The van der Waals surface area contributed by atoms with Gasteiger partial charge in [-0.1, -0.05) is 17.7 Å². The van der Waals surface area contributed by atoms with Gasteiger partial charge < -0.3 is 4.57 Å². The number of amides is 2. The minimum atomic E-state index is -0.481. The summed E-state index contributed by atoms with van der Waals surface area (Å²) in [5, 5.41) is 4.94. The van der Waals surface area contributed by atoms with Gasteiger partial charge in [0.05, 0.1) is 0 Å². The Morgan fingerprint density at radius 2 is 1.64 bits per heavy atom. The predicted molar refractivity (Wildman–Crippen MR) is 102 cm³/mol. The highest BCUT2D eigenvalue weighted by atomic mass is 32.1. The van der Waals surface area contributed by atoms with Crippen LogP contribution in [0.25, 0.3) is 11.8 Å². The molecular weight excluding hydrogens is 334 g/mol. The Labute approximate surface area is 151 Å². The minimum Gasteiger partial charge on any atom is -0.318 e. The summed E-state index contributed by atoms with van der Waals surface area (Å²) < 4.78 is 2.13. The molecule has 0 spiro atoms. The fourth-order valence-corrected chi connectivity index (χ4v) is 3.31. The van der Waals surface area contributed by atoms with Crippen molar-refractivity contribution in [2.75, 3.05) is 0 Å². The van der Waals surface area contributed by atoms with E-state index in [4.69, 9.17) is 12.2 Å². The van der Waals surface area contributed by atoms with Crippen molar-refractivity contribution in [2.45, 2.75) is 27.7 Å². The Morgan fingerprint density at radius 3 is 2.24 bits per heavy atom. The second-order valence-corrected chi connectivity index (χ2v) is 6.66. The fraction of sp³-hybridized carbons (Fsp3) is 0.211. The number of nitrogens with one attached hydrogen (secondary N) is 2. The largest absolute Gasteiger partial charge is 0.318 e. The van der Waals surface area contributed by atoms with Gasteiger partial charge in [0.1, 0.15) is 5.57 Å². The first kappa shape index (κ1) is 17.1. The van der Waals surface area contributed by atoms with Gasteiger partial charge in [-0.15, -0.1) is 0 Å². The number of carbonyl (C=O) groups is 2. The van der Waals surface area contributed by atoms with Crippen molar-refractivity contribution in [3.05, 3.63) is 57.9 Å². The van der Waals surface area contributed by atoms with Gasteiger partial charge in [0.25, 0.3) is 11.8 Å². The van der Waals surface area contributed by atoms with Crippen molar-refractivity contribution in [1.82, 2.24) is 15.2 Å². The Hall–Kier alpha value is -2.73. The van der Waals surface area contributed by atoms with E-state index in [1.54, 1.807) is 6.08 Å². The second kappa shape index (κ2) is 6.29.